The summed E-state index contributed by atoms with van der Waals surface area (Å²) >= 11 is 7.15. The summed E-state index contributed by atoms with van der Waals surface area (Å²) in [7, 11) is 1.56. The van der Waals surface area contributed by atoms with Crippen molar-refractivity contribution in [3.05, 3.63) is 128 Å². The van der Waals surface area contributed by atoms with Crippen molar-refractivity contribution in [3.8, 4) is 22.9 Å². The second-order valence-electron chi connectivity index (χ2n) is 9.60. The second-order valence-corrected chi connectivity index (χ2v) is 11.2. The number of carbonyl (C=O) groups is 1. The molecule has 0 aliphatic carbocycles. The van der Waals surface area contributed by atoms with Crippen molar-refractivity contribution in [3.63, 3.8) is 0 Å². The number of rotatable bonds is 11. The van der Waals surface area contributed by atoms with E-state index in [2.05, 4.69) is 72.9 Å². The Hall–Kier alpha value is -4.28. The van der Waals surface area contributed by atoms with Gasteiger partial charge in [0.2, 0.25) is 0 Å². The maximum absolute atomic E-state index is 12.6. The van der Waals surface area contributed by atoms with Crippen molar-refractivity contribution in [2.75, 3.05) is 7.11 Å². The Morgan fingerprint density at radius 1 is 0.907 bits per heavy atom. The van der Waals surface area contributed by atoms with Crippen LogP contribution in [-0.4, -0.2) is 23.8 Å². The van der Waals surface area contributed by atoms with E-state index in [4.69, 9.17) is 18.6 Å². The Morgan fingerprint density at radius 2 is 1.63 bits per heavy atom. The zero-order valence-electron chi connectivity index (χ0n) is 23.8. The molecule has 0 saturated heterocycles. The van der Waals surface area contributed by atoms with E-state index in [1.165, 1.54) is 17.6 Å². The Morgan fingerprint density at radius 3 is 2.33 bits per heavy atom. The van der Waals surface area contributed by atoms with Crippen LogP contribution in [0, 0.1) is 13.8 Å². The zero-order valence-corrected chi connectivity index (χ0v) is 26.9. The van der Waals surface area contributed by atoms with Crippen LogP contribution in [-0.2, 0) is 13.2 Å². The average Bonchev–Trinajstić information content (AvgIpc) is 3.64. The maximum atomic E-state index is 12.6. The van der Waals surface area contributed by atoms with Crippen LogP contribution in [0.1, 0.15) is 38.8 Å². The molecule has 220 valence electrons. The molecule has 3 aromatic carbocycles. The third-order valence-corrected chi connectivity index (χ3v) is 8.75. The Balaban J connectivity index is 1.17. The van der Waals surface area contributed by atoms with Gasteiger partial charge in [0.1, 0.15) is 24.7 Å². The summed E-state index contributed by atoms with van der Waals surface area (Å²) < 4.78 is 26.6. The summed E-state index contributed by atoms with van der Waals surface area (Å²) in [6, 6.07) is 26.9. The molecule has 2 aromatic heterocycles. The Bertz CT molecular complexity index is 1730. The molecule has 0 aliphatic heterocycles. The van der Waals surface area contributed by atoms with Gasteiger partial charge in [-0.1, -0.05) is 30.3 Å². The number of nitrogens with one attached hydrogen (secondary N) is 1. The topological polar surface area (TPSA) is 87.2 Å². The van der Waals surface area contributed by atoms with Crippen molar-refractivity contribution in [1.29, 1.82) is 0 Å². The van der Waals surface area contributed by atoms with Gasteiger partial charge in [-0.3, -0.25) is 4.79 Å². The van der Waals surface area contributed by atoms with Crippen LogP contribution >= 0.6 is 31.9 Å². The third kappa shape index (κ3) is 7.21. The van der Waals surface area contributed by atoms with Gasteiger partial charge < -0.3 is 23.2 Å². The second kappa shape index (κ2) is 13.8. The summed E-state index contributed by atoms with van der Waals surface area (Å²) in [6.07, 6.45) is 1.50. The number of hydrogen-bond donors (Lipinski definition) is 1. The molecule has 1 amide bonds. The van der Waals surface area contributed by atoms with Gasteiger partial charge in [0.05, 0.1) is 17.8 Å². The fourth-order valence-corrected chi connectivity index (χ4v) is 5.36. The zero-order chi connectivity index (χ0) is 30.3. The van der Waals surface area contributed by atoms with E-state index in [1.807, 2.05) is 54.6 Å². The number of halogens is 2. The first-order valence-electron chi connectivity index (χ1n) is 13.4. The Labute approximate surface area is 266 Å². The predicted molar refractivity (Wildman–Crippen MR) is 173 cm³/mol. The van der Waals surface area contributed by atoms with E-state index in [0.29, 0.717) is 44.1 Å². The minimum Gasteiger partial charge on any atom is -0.493 e. The summed E-state index contributed by atoms with van der Waals surface area (Å²) in [5, 5.41) is 4.10. The van der Waals surface area contributed by atoms with Crippen LogP contribution < -0.4 is 19.6 Å². The van der Waals surface area contributed by atoms with Crippen LogP contribution in [0.25, 0.3) is 5.69 Å². The molecule has 0 atom stereocenters. The van der Waals surface area contributed by atoms with Crippen molar-refractivity contribution < 1.29 is 23.4 Å². The van der Waals surface area contributed by atoms with E-state index in [9.17, 15) is 4.79 Å². The smallest absolute Gasteiger partial charge is 0.307 e. The van der Waals surface area contributed by atoms with E-state index in [0.717, 1.165) is 11.3 Å². The van der Waals surface area contributed by atoms with Gasteiger partial charge in [-0.05, 0) is 106 Å². The normalized spacial score (nSPS) is 11.1. The van der Waals surface area contributed by atoms with Crippen LogP contribution in [0.2, 0.25) is 0 Å². The van der Waals surface area contributed by atoms with E-state index in [1.54, 1.807) is 25.3 Å². The molecule has 0 fully saturated rings. The molecule has 1 N–H and O–H groups in total. The van der Waals surface area contributed by atoms with Crippen molar-refractivity contribution >= 4 is 44.0 Å². The summed E-state index contributed by atoms with van der Waals surface area (Å²) in [6.45, 7) is 4.70. The SMILES string of the molecule is COc1cc(/C=N/NC(=O)c2ccc(COc3ccc(-n4c(C)ccc4C)cc3)o2)c(Br)c(Br)c1OCc1ccccc1. The molecule has 0 aliphatic rings. The number of ether oxygens (including phenoxy) is 3. The van der Waals surface area contributed by atoms with Crippen LogP contribution in [0.3, 0.4) is 0 Å². The number of aryl methyl sites for hydroxylation is 2. The lowest BCUT2D eigenvalue weighted by Gasteiger charge is -2.15. The molecule has 0 unspecified atom stereocenters. The number of methoxy groups -OCH3 is 1. The first-order valence-corrected chi connectivity index (χ1v) is 15.0. The first kappa shape index (κ1) is 30.2. The number of furan rings is 1. The third-order valence-electron chi connectivity index (χ3n) is 6.60. The van der Waals surface area contributed by atoms with Crippen LogP contribution in [0.5, 0.6) is 17.2 Å². The quantitative estimate of drug-likeness (QED) is 0.111. The minimum atomic E-state index is -0.491. The largest absolute Gasteiger partial charge is 0.493 e. The average molecular weight is 707 g/mol. The van der Waals surface area contributed by atoms with Gasteiger partial charge in [-0.2, -0.15) is 5.10 Å². The standard InChI is InChI=1S/C33H29Br2N3O5/c1-21-9-10-22(2)38(21)25-11-13-26(14-12-25)41-20-27-15-16-28(43-27)33(39)37-36-18-24-17-29(40-3)32(31(35)30(24)34)42-19-23-7-5-4-6-8-23/h4-18H,19-20H2,1-3H3,(H,37,39)/b36-18+. The molecule has 0 bridgehead atoms. The minimum absolute atomic E-state index is 0.118. The lowest BCUT2D eigenvalue weighted by Crippen LogP contribution is -2.16. The van der Waals surface area contributed by atoms with Gasteiger partial charge in [0.15, 0.2) is 17.3 Å². The van der Waals surface area contributed by atoms with Gasteiger partial charge in [0.25, 0.3) is 0 Å². The number of amides is 1. The monoisotopic (exact) mass is 705 g/mol. The highest BCUT2D eigenvalue weighted by Crippen LogP contribution is 2.42. The molecular weight excluding hydrogens is 678 g/mol. The molecular formula is C33H29Br2N3O5. The van der Waals surface area contributed by atoms with E-state index in [-0.39, 0.29) is 12.4 Å². The number of hydrogen-bond acceptors (Lipinski definition) is 6. The van der Waals surface area contributed by atoms with Crippen LogP contribution in [0.4, 0.5) is 0 Å². The molecule has 0 radical (unpaired) electrons. The van der Waals surface area contributed by atoms with Crippen molar-refractivity contribution in [2.45, 2.75) is 27.1 Å². The molecule has 2 heterocycles. The van der Waals surface area contributed by atoms with Crippen LogP contribution in [0.15, 0.2) is 103 Å². The molecule has 5 rings (SSSR count). The predicted octanol–water partition coefficient (Wildman–Crippen LogP) is 8.14. The van der Waals surface area contributed by atoms with Gasteiger partial charge >= 0.3 is 5.91 Å². The number of hydrazone groups is 1. The van der Waals surface area contributed by atoms with E-state index >= 15 is 0 Å². The number of aromatic nitrogens is 1. The lowest BCUT2D eigenvalue weighted by atomic mass is 10.2. The summed E-state index contributed by atoms with van der Waals surface area (Å²) in [5.74, 6) is 1.90. The Kier molecular flexibility index (Phi) is 9.68. The maximum Gasteiger partial charge on any atom is 0.307 e. The molecule has 5 aromatic rings. The van der Waals surface area contributed by atoms with E-state index < -0.39 is 5.91 Å². The first-order chi connectivity index (χ1) is 20.8. The highest BCUT2D eigenvalue weighted by atomic mass is 79.9. The van der Waals surface area contributed by atoms with Gasteiger partial charge in [-0.25, -0.2) is 5.43 Å². The highest BCUT2D eigenvalue weighted by Gasteiger charge is 2.17. The molecule has 0 spiro atoms. The fourth-order valence-electron chi connectivity index (χ4n) is 4.43. The number of benzene rings is 3. The molecule has 43 heavy (non-hydrogen) atoms. The van der Waals surface area contributed by atoms with Crippen molar-refractivity contribution in [2.24, 2.45) is 5.10 Å². The van der Waals surface area contributed by atoms with Crippen molar-refractivity contribution in [1.82, 2.24) is 9.99 Å². The molecule has 0 saturated carbocycles. The summed E-state index contributed by atoms with van der Waals surface area (Å²) in [5.41, 5.74) is 7.58. The fraction of sp³-hybridized carbons (Fsp3) is 0.152. The van der Waals surface area contributed by atoms with Gasteiger partial charge in [-0.15, -0.1) is 0 Å². The lowest BCUT2D eigenvalue weighted by molar-refractivity contribution is 0.0923. The molecule has 10 heteroatoms. The summed E-state index contributed by atoms with van der Waals surface area (Å²) in [4.78, 5) is 12.6. The van der Waals surface area contributed by atoms with Gasteiger partial charge in [0, 0.05) is 27.1 Å². The highest BCUT2D eigenvalue weighted by molar-refractivity contribution is 9.13. The number of nitrogens with zero attached hydrogens (tertiary/aromatic N) is 2. The number of carbonyl (C=O) groups excluding carboxylic acids is 1. The molecule has 8 nitrogen and oxygen atoms in total.